The Kier molecular flexibility index (Phi) is 22.2. The second-order valence-electron chi connectivity index (χ2n) is 25.7. The van der Waals surface area contributed by atoms with Gasteiger partial charge in [0.25, 0.3) is 0 Å². The molecule has 33 nitrogen and oxygen atoms in total. The Labute approximate surface area is 584 Å². The number of phenols is 3. The molecule has 2 fully saturated rings. The Morgan fingerprint density at radius 3 is 1.90 bits per heavy atom. The molecular weight excluding hydrogens is 1370 g/mol. The van der Waals surface area contributed by atoms with E-state index >= 15 is 14.4 Å². The number of aromatic hydroxyl groups is 3. The number of hydrogen-bond acceptors (Lipinski definition) is 25. The third kappa shape index (κ3) is 15.8. The summed E-state index contributed by atoms with van der Waals surface area (Å²) in [5.74, 6) is -16.0. The van der Waals surface area contributed by atoms with Crippen molar-refractivity contribution >= 4 is 70.5 Å². The number of primary amides is 1. The summed E-state index contributed by atoms with van der Waals surface area (Å²) in [5, 5.41) is 131. The first-order valence-corrected chi connectivity index (χ1v) is 32.4. The number of carbonyl (C=O) groups is 8. The number of rotatable bonds is 13. The van der Waals surface area contributed by atoms with Gasteiger partial charge in [-0.15, -0.1) is 0 Å². The van der Waals surface area contributed by atoms with Crippen LogP contribution in [0.4, 0.5) is 0 Å². The maximum absolute atomic E-state index is 16.0. The van der Waals surface area contributed by atoms with Gasteiger partial charge in [-0.05, 0) is 110 Å². The number of aliphatic hydroxyl groups excluding tert-OH is 6. The number of likely N-dealkylation sites (N-methyl/N-ethyl adjacent to an activating group) is 1. The van der Waals surface area contributed by atoms with Crippen molar-refractivity contribution in [1.82, 2.24) is 37.2 Å². The van der Waals surface area contributed by atoms with Crippen LogP contribution in [0, 0.1) is 5.92 Å². The van der Waals surface area contributed by atoms with Gasteiger partial charge in [0.15, 0.2) is 29.9 Å². The number of aliphatic hydroxyl groups is 6. The fraction of sp³-hybridized carbons (Fsp3) is 0.424. The highest BCUT2D eigenvalue weighted by molar-refractivity contribution is 6.32. The molecule has 0 aromatic heterocycles. The summed E-state index contributed by atoms with van der Waals surface area (Å²) in [7, 11) is 1.47. The molecule has 5 aromatic carbocycles. The van der Waals surface area contributed by atoms with Crippen LogP contribution in [0.5, 0.6) is 46.0 Å². The Morgan fingerprint density at radius 2 is 1.32 bits per heavy atom. The second-order valence-corrected chi connectivity index (χ2v) is 26.5. The van der Waals surface area contributed by atoms with Crippen molar-refractivity contribution in [3.05, 3.63) is 117 Å². The number of phenolic OH excluding ortho intramolecular Hbond substituents is 3. The zero-order valence-corrected chi connectivity index (χ0v) is 55.8. The number of benzene rings is 5. The molecule has 0 aliphatic carbocycles. The van der Waals surface area contributed by atoms with Crippen LogP contribution in [0.15, 0.2) is 78.9 Å². The molecule has 0 spiro atoms. The van der Waals surface area contributed by atoms with Gasteiger partial charge in [-0.25, -0.2) is 4.79 Å². The number of carboxylic acid groups (broad SMARTS) is 1. The normalized spacial score (nSPS) is 29.4. The summed E-state index contributed by atoms with van der Waals surface area (Å²) >= 11 is 14.1. The number of ether oxygens (including phenoxy) is 6. The molecule has 7 amide bonds. The van der Waals surface area contributed by atoms with Gasteiger partial charge in [0.05, 0.1) is 41.3 Å². The van der Waals surface area contributed by atoms with E-state index in [1.165, 1.54) is 33.0 Å². The van der Waals surface area contributed by atoms with E-state index in [0.29, 0.717) is 0 Å². The number of carbonyl (C=O) groups excluding carboxylic acids is 7. The first-order valence-electron chi connectivity index (χ1n) is 31.6. The van der Waals surface area contributed by atoms with E-state index in [-0.39, 0.29) is 46.2 Å². The van der Waals surface area contributed by atoms with E-state index in [2.05, 4.69) is 37.2 Å². The third-order valence-electron chi connectivity index (χ3n) is 17.8. The molecule has 3 unspecified atom stereocenters. The minimum absolute atomic E-state index is 0.0975. The van der Waals surface area contributed by atoms with Crippen molar-refractivity contribution in [3.8, 4) is 57.1 Å². The van der Waals surface area contributed by atoms with Crippen LogP contribution in [0.1, 0.15) is 105 Å². The van der Waals surface area contributed by atoms with Crippen molar-refractivity contribution in [2.75, 3.05) is 13.7 Å². The van der Waals surface area contributed by atoms with Gasteiger partial charge < -0.3 is 128 Å². The number of aliphatic carboxylic acids is 1. The van der Waals surface area contributed by atoms with Crippen LogP contribution in [0.25, 0.3) is 11.1 Å². The first kappa shape index (κ1) is 74.5. The topological polar surface area (TPSA) is 530 Å². The van der Waals surface area contributed by atoms with E-state index in [4.69, 9.17) is 63.1 Å². The van der Waals surface area contributed by atoms with E-state index in [1.807, 2.05) is 13.8 Å². The van der Waals surface area contributed by atoms with Gasteiger partial charge in [0.1, 0.15) is 89.5 Å². The smallest absolute Gasteiger partial charge is 0.330 e. The van der Waals surface area contributed by atoms with Crippen molar-refractivity contribution in [1.29, 1.82) is 0 Å². The summed E-state index contributed by atoms with van der Waals surface area (Å²) in [4.78, 5) is 117. The minimum atomic E-state index is -2.35. The highest BCUT2D eigenvalue weighted by Crippen LogP contribution is 2.50. The zero-order valence-electron chi connectivity index (χ0n) is 54.3. The number of nitrogens with two attached hydrogens (primary N) is 2. The summed E-state index contributed by atoms with van der Waals surface area (Å²) in [6, 6.07) is -0.679. The Balaban J connectivity index is 1.24. The Bertz CT molecular complexity index is 4070. The van der Waals surface area contributed by atoms with Gasteiger partial charge in [0.2, 0.25) is 53.4 Å². The van der Waals surface area contributed by atoms with Crippen molar-refractivity contribution in [2.45, 2.75) is 156 Å². The number of nitrogens with one attached hydrogen (secondary N) is 7. The van der Waals surface area contributed by atoms with E-state index in [0.717, 1.165) is 66.7 Å². The van der Waals surface area contributed by atoms with Crippen LogP contribution in [-0.2, 0) is 52.6 Å². The van der Waals surface area contributed by atoms with Crippen LogP contribution in [-0.4, -0.2) is 191 Å². The lowest BCUT2D eigenvalue weighted by Gasteiger charge is -2.47. The van der Waals surface area contributed by atoms with Crippen LogP contribution >= 0.6 is 23.2 Å². The van der Waals surface area contributed by atoms with E-state index in [1.54, 1.807) is 0 Å². The van der Waals surface area contributed by atoms with Crippen molar-refractivity contribution < 1.29 is 118 Å². The highest BCUT2D eigenvalue weighted by atomic mass is 35.5. The average molecular weight is 1450 g/mol. The summed E-state index contributed by atoms with van der Waals surface area (Å²) in [5.41, 5.74) is 8.00. The number of fused-ring (bicyclic) bond motifs is 15. The lowest BCUT2D eigenvalue weighted by Crippen LogP contribution is -2.64. The summed E-state index contributed by atoms with van der Waals surface area (Å²) < 4.78 is 38.3. The van der Waals surface area contributed by atoms with Gasteiger partial charge >= 0.3 is 5.97 Å². The molecule has 18 atom stereocenters. The molecule has 35 heteroatoms. The molecule has 101 heavy (non-hydrogen) atoms. The van der Waals surface area contributed by atoms with Crippen LogP contribution < -0.4 is 62.9 Å². The largest absolute Gasteiger partial charge is 0.508 e. The van der Waals surface area contributed by atoms with Gasteiger partial charge in [-0.1, -0.05) is 55.2 Å². The second kappa shape index (κ2) is 30.2. The Hall–Kier alpha value is -9.20. The number of halogens is 2. The number of carboxylic acids is 1. The quantitative estimate of drug-likeness (QED) is 0.0743. The molecule has 542 valence electrons. The molecular formula is C66H75Cl2N9O24. The molecule has 5 aromatic rings. The maximum atomic E-state index is 16.0. The fourth-order valence-corrected chi connectivity index (χ4v) is 12.9. The van der Waals surface area contributed by atoms with Gasteiger partial charge in [-0.3, -0.25) is 33.6 Å². The maximum Gasteiger partial charge on any atom is 0.330 e. The van der Waals surface area contributed by atoms with Gasteiger partial charge in [-0.2, -0.15) is 0 Å². The number of hydrogen-bond donors (Lipinski definition) is 19. The van der Waals surface area contributed by atoms with Crippen LogP contribution in [0.2, 0.25) is 10.0 Å². The monoisotopic (exact) mass is 1450 g/mol. The van der Waals surface area contributed by atoms with Crippen molar-refractivity contribution in [3.63, 3.8) is 0 Å². The Morgan fingerprint density at radius 1 is 0.713 bits per heavy atom. The van der Waals surface area contributed by atoms with E-state index < -0.39 is 237 Å². The predicted molar refractivity (Wildman–Crippen MR) is 349 cm³/mol. The molecule has 7 heterocycles. The zero-order chi connectivity index (χ0) is 73.5. The summed E-state index contributed by atoms with van der Waals surface area (Å²) in [6.07, 6.45) is -18.6. The molecule has 7 aliphatic heterocycles. The molecule has 2 saturated heterocycles. The number of amides is 7. The van der Waals surface area contributed by atoms with Crippen LogP contribution in [0.3, 0.4) is 0 Å². The average Bonchev–Trinajstić information content (AvgIpc) is 0.775. The molecule has 12 rings (SSSR count). The fourth-order valence-electron chi connectivity index (χ4n) is 12.5. The minimum Gasteiger partial charge on any atom is -0.508 e. The molecule has 7 aliphatic rings. The predicted octanol–water partition coefficient (Wildman–Crippen LogP) is 0.106. The van der Waals surface area contributed by atoms with Crippen molar-refractivity contribution in [2.24, 2.45) is 17.4 Å². The highest BCUT2D eigenvalue weighted by Gasteiger charge is 2.51. The lowest BCUT2D eigenvalue weighted by atomic mass is 9.86. The molecule has 11 bridgehead atoms. The molecule has 21 N–H and O–H groups in total. The molecule has 0 saturated carbocycles. The third-order valence-corrected chi connectivity index (χ3v) is 18.4. The first-order chi connectivity index (χ1) is 47.7. The van der Waals surface area contributed by atoms with Gasteiger partial charge in [0, 0.05) is 34.7 Å². The lowest BCUT2D eigenvalue weighted by molar-refractivity contribution is -0.333. The standard InChI is InChI=1S/C66H75Cl2N9O24/c1-23(2)12-34(71-5)58(88)76-49-51(83)26-7-10-38(32(67)14-26)97-40-16-28-17-41(55(40)101-65-56(54(86)53(85)42(22-78)99-65)100-44-21-66(4,70)57(87)24(3)96-44)98-39-11-8-27(15-33(39)68)52(84)50-63(93)75-48(64(94)95)31-18-29(79)19-37(81)45(31)30-13-25(6-9-36(30)80)46(60(90)77-50)74-61(91)47(28)73-59(89)35(20-43(69)82)72-62(49)92/h6-11,13-19,23-24,34-35,42,44,46-54,56-57,65,71,78-81,83-87H,12,20-22,70H2,1-5H3,(H2,69,82)(H,72,92)(H,73,89)(H,74,91)(H,75,93)(H,76,88)(H,77,90)(H,94,95)/t24-,34+,35-,42+,44-,46?,47?,48+,49+,50-,51+,52+,53+,54-,56?,57+,65-,66-/m0/s1. The SMILES string of the molecule is CN[C@H](CC(C)C)C(=O)N[C@H]1C(=O)N[C@@H](CC(N)=O)C(=O)NC2C(=O)NC3C(=O)N[C@H](C(=O)N[C@@H](C(=O)O)c4cc(O)cc(O)c4-c4cc3ccc4O)[C@H](O)c3ccc(c(Cl)c3)Oc3cc2cc(c3O[C@@H]2O[C@H](CO)[C@@H](O)[C@H](O)C2O[C@H]2C[C@](C)(N)[C@H](O)[C@H](C)O2)Oc2ccc(cc2Cl)[C@H]1O. The molecule has 0 radical (unpaired) electrons. The summed E-state index contributed by atoms with van der Waals surface area (Å²) in [6.45, 7) is 5.66. The van der Waals surface area contributed by atoms with E-state index in [9.17, 15) is 75.0 Å².